The number of halogens is 2. The fourth-order valence-electron chi connectivity index (χ4n) is 3.19. The number of carbonyl (C=O) groups excluding carboxylic acids is 2. The van der Waals surface area contributed by atoms with Gasteiger partial charge in [-0.2, -0.15) is 0 Å². The molecule has 0 aromatic heterocycles. The first-order chi connectivity index (χ1) is 16.0. The molecule has 2 amide bonds. The van der Waals surface area contributed by atoms with Crippen molar-refractivity contribution >= 4 is 50.7 Å². The molecule has 0 aliphatic rings. The van der Waals surface area contributed by atoms with Crippen LogP contribution in [0.5, 0.6) is 5.75 Å². The van der Waals surface area contributed by atoms with Gasteiger partial charge in [0, 0.05) is 18.1 Å². The third kappa shape index (κ3) is 7.51. The minimum atomic E-state index is -3.85. The van der Waals surface area contributed by atoms with Crippen molar-refractivity contribution in [2.75, 3.05) is 30.8 Å². The minimum absolute atomic E-state index is 0.0949. The third-order valence-corrected chi connectivity index (χ3v) is 6.77. The molecule has 0 radical (unpaired) electrons. The van der Waals surface area contributed by atoms with Gasteiger partial charge in [-0.3, -0.25) is 13.9 Å². The molecule has 1 N–H and O–H groups in total. The lowest BCUT2D eigenvalue weighted by atomic mass is 10.1. The lowest BCUT2D eigenvalue weighted by Crippen LogP contribution is -2.51. The maximum absolute atomic E-state index is 13.4. The van der Waals surface area contributed by atoms with Gasteiger partial charge in [0.15, 0.2) is 0 Å². The van der Waals surface area contributed by atoms with Crippen molar-refractivity contribution in [3.05, 3.63) is 58.1 Å². The van der Waals surface area contributed by atoms with E-state index >= 15 is 0 Å². The van der Waals surface area contributed by atoms with Crippen LogP contribution in [0.3, 0.4) is 0 Å². The number of sulfonamides is 1. The Balaban J connectivity index is 2.38. The Bertz CT molecular complexity index is 1110. The summed E-state index contributed by atoms with van der Waals surface area (Å²) in [7, 11) is -2.41. The minimum Gasteiger partial charge on any atom is -0.495 e. The summed E-state index contributed by atoms with van der Waals surface area (Å²) in [6, 6.07) is 10.5. The number of carbonyl (C=O) groups is 2. The molecule has 186 valence electrons. The number of nitrogens with zero attached hydrogens (tertiary/aromatic N) is 2. The zero-order valence-electron chi connectivity index (χ0n) is 19.5. The Morgan fingerprint density at radius 3 is 2.29 bits per heavy atom. The van der Waals surface area contributed by atoms with Crippen LogP contribution in [-0.4, -0.2) is 57.6 Å². The summed E-state index contributed by atoms with van der Waals surface area (Å²) >= 11 is 12.1. The number of hydrogen-bond acceptors (Lipinski definition) is 5. The number of methoxy groups -OCH3 is 1. The first-order valence-electron chi connectivity index (χ1n) is 10.6. The predicted molar refractivity (Wildman–Crippen MR) is 135 cm³/mol. The Morgan fingerprint density at radius 2 is 1.76 bits per heavy atom. The average Bonchev–Trinajstić information content (AvgIpc) is 2.79. The molecule has 0 saturated heterocycles. The lowest BCUT2D eigenvalue weighted by Gasteiger charge is -2.31. The molecule has 0 saturated carbocycles. The van der Waals surface area contributed by atoms with Gasteiger partial charge < -0.3 is 15.0 Å². The molecule has 2 aromatic rings. The van der Waals surface area contributed by atoms with Crippen LogP contribution in [-0.2, 0) is 26.2 Å². The smallest absolute Gasteiger partial charge is 0.244 e. The number of nitrogens with one attached hydrogen (secondary N) is 1. The fraction of sp³-hybridized carbons (Fsp3) is 0.391. The van der Waals surface area contributed by atoms with Crippen molar-refractivity contribution in [1.82, 2.24) is 10.2 Å². The van der Waals surface area contributed by atoms with E-state index in [0.717, 1.165) is 22.5 Å². The van der Waals surface area contributed by atoms with Crippen LogP contribution >= 0.6 is 23.2 Å². The van der Waals surface area contributed by atoms with Gasteiger partial charge in [0.1, 0.15) is 18.3 Å². The predicted octanol–water partition coefficient (Wildman–Crippen LogP) is 3.71. The topological polar surface area (TPSA) is 96.0 Å². The van der Waals surface area contributed by atoms with Gasteiger partial charge in [-0.25, -0.2) is 8.42 Å². The molecular formula is C23H29Cl2N3O5S. The second-order valence-electron chi connectivity index (χ2n) is 7.70. The first-order valence-corrected chi connectivity index (χ1v) is 13.2. The molecule has 2 aromatic carbocycles. The quantitative estimate of drug-likeness (QED) is 0.478. The van der Waals surface area contributed by atoms with E-state index in [9.17, 15) is 18.0 Å². The summed E-state index contributed by atoms with van der Waals surface area (Å²) in [6.07, 6.45) is 1.74. The molecule has 0 aliphatic heterocycles. The van der Waals surface area contributed by atoms with E-state index in [0.29, 0.717) is 17.3 Å². The molecule has 0 heterocycles. The van der Waals surface area contributed by atoms with Crippen molar-refractivity contribution < 1.29 is 22.7 Å². The molecule has 2 rings (SSSR count). The first kappa shape index (κ1) is 27.8. The molecule has 11 heteroatoms. The van der Waals surface area contributed by atoms with E-state index in [1.54, 1.807) is 31.2 Å². The monoisotopic (exact) mass is 529 g/mol. The zero-order valence-corrected chi connectivity index (χ0v) is 21.9. The Morgan fingerprint density at radius 1 is 1.12 bits per heavy atom. The summed E-state index contributed by atoms with van der Waals surface area (Å²) in [5.41, 5.74) is 0.947. The highest BCUT2D eigenvalue weighted by Gasteiger charge is 2.30. The van der Waals surface area contributed by atoms with Gasteiger partial charge >= 0.3 is 0 Å². The summed E-state index contributed by atoms with van der Waals surface area (Å²) in [4.78, 5) is 27.4. The highest BCUT2D eigenvalue weighted by molar-refractivity contribution is 7.92. The van der Waals surface area contributed by atoms with Crippen molar-refractivity contribution in [3.63, 3.8) is 0 Å². The molecule has 0 spiro atoms. The molecule has 0 unspecified atom stereocenters. The van der Waals surface area contributed by atoms with Gasteiger partial charge in [0.05, 0.1) is 24.1 Å². The van der Waals surface area contributed by atoms with Crippen LogP contribution in [0, 0.1) is 0 Å². The largest absolute Gasteiger partial charge is 0.495 e. The van der Waals surface area contributed by atoms with Crippen LogP contribution in [0.25, 0.3) is 0 Å². The van der Waals surface area contributed by atoms with Crippen LogP contribution in [0.4, 0.5) is 5.69 Å². The molecular weight excluding hydrogens is 501 g/mol. The fourth-order valence-corrected chi connectivity index (χ4v) is 4.41. The molecule has 0 bridgehead atoms. The van der Waals surface area contributed by atoms with Crippen LogP contribution in [0.1, 0.15) is 25.8 Å². The second-order valence-corrected chi connectivity index (χ2v) is 10.5. The van der Waals surface area contributed by atoms with Crippen LogP contribution < -0.4 is 14.4 Å². The normalized spacial score (nSPS) is 12.1. The number of hydrogen-bond donors (Lipinski definition) is 1. The maximum Gasteiger partial charge on any atom is 0.244 e. The number of anilines is 1. The Kier molecular flexibility index (Phi) is 10.0. The molecule has 1 atom stereocenters. The highest BCUT2D eigenvalue weighted by atomic mass is 35.5. The number of ether oxygens (including phenoxy) is 1. The number of rotatable bonds is 11. The molecule has 0 aliphatic carbocycles. The van der Waals surface area contributed by atoms with Crippen LogP contribution in [0.15, 0.2) is 42.5 Å². The molecule has 34 heavy (non-hydrogen) atoms. The van der Waals surface area contributed by atoms with Gasteiger partial charge in [-0.15, -0.1) is 0 Å². The summed E-state index contributed by atoms with van der Waals surface area (Å²) < 4.78 is 31.2. The van der Waals surface area contributed by atoms with E-state index in [2.05, 4.69) is 5.32 Å². The van der Waals surface area contributed by atoms with E-state index < -0.39 is 28.5 Å². The van der Waals surface area contributed by atoms with E-state index in [4.69, 9.17) is 27.9 Å². The van der Waals surface area contributed by atoms with Crippen LogP contribution in [0.2, 0.25) is 10.0 Å². The van der Waals surface area contributed by atoms with E-state index in [1.807, 2.05) is 6.92 Å². The second kappa shape index (κ2) is 12.3. The summed E-state index contributed by atoms with van der Waals surface area (Å²) in [5.74, 6) is -0.509. The summed E-state index contributed by atoms with van der Waals surface area (Å²) in [6.45, 7) is 3.57. The van der Waals surface area contributed by atoms with Gasteiger partial charge in [-0.05, 0) is 49.2 Å². The Hall–Kier alpha value is -2.49. The number of amides is 2. The SMILES string of the molecule is CCCNC(=O)[C@H](C)N(Cc1ccc(Cl)cc1)C(=O)CN(c1ccc(OC)c(Cl)c1)S(C)(=O)=O. The average molecular weight is 530 g/mol. The van der Waals surface area contributed by atoms with E-state index in [1.165, 1.54) is 30.2 Å². The van der Waals surface area contributed by atoms with Crippen molar-refractivity contribution in [2.24, 2.45) is 0 Å². The van der Waals surface area contributed by atoms with Crippen molar-refractivity contribution in [1.29, 1.82) is 0 Å². The highest BCUT2D eigenvalue weighted by Crippen LogP contribution is 2.30. The maximum atomic E-state index is 13.4. The zero-order chi connectivity index (χ0) is 25.5. The molecule has 0 fully saturated rings. The third-order valence-electron chi connectivity index (χ3n) is 5.09. The van der Waals surface area contributed by atoms with Gasteiger partial charge in [0.2, 0.25) is 21.8 Å². The van der Waals surface area contributed by atoms with Crippen molar-refractivity contribution in [2.45, 2.75) is 32.9 Å². The summed E-state index contributed by atoms with van der Waals surface area (Å²) in [5, 5.41) is 3.52. The van der Waals surface area contributed by atoms with Gasteiger partial charge in [-0.1, -0.05) is 42.3 Å². The number of benzene rings is 2. The molecule has 8 nitrogen and oxygen atoms in total. The van der Waals surface area contributed by atoms with E-state index in [-0.39, 0.29) is 23.2 Å². The standard InChI is InChI=1S/C23H29Cl2N3O5S/c1-5-12-26-23(30)16(2)27(14-17-6-8-18(24)9-7-17)22(29)15-28(34(4,31)32)19-10-11-21(33-3)20(25)13-19/h6-11,13,16H,5,12,14-15H2,1-4H3,(H,26,30)/t16-/m0/s1. The lowest BCUT2D eigenvalue weighted by molar-refractivity contribution is -0.139. The Labute approximate surface area is 210 Å². The van der Waals surface area contributed by atoms with Gasteiger partial charge in [0.25, 0.3) is 0 Å². The van der Waals surface area contributed by atoms with Crippen molar-refractivity contribution in [3.8, 4) is 5.75 Å².